The van der Waals surface area contributed by atoms with Crippen molar-refractivity contribution in [3.63, 3.8) is 0 Å². The lowest BCUT2D eigenvalue weighted by atomic mass is 9.89. The Morgan fingerprint density at radius 1 is 0.955 bits per heavy atom. The van der Waals surface area contributed by atoms with Crippen molar-refractivity contribution in [2.45, 2.75) is 82.7 Å². The number of fused-ring (bicyclic) bond motifs is 1. The number of alkyl halides is 6. The minimum absolute atomic E-state index is 0.275. The van der Waals surface area contributed by atoms with Crippen molar-refractivity contribution >= 4 is 11.9 Å². The van der Waals surface area contributed by atoms with Crippen LogP contribution in [0.15, 0.2) is 34.0 Å². The summed E-state index contributed by atoms with van der Waals surface area (Å²) >= 11 is 0. The Kier molecular flexibility index (Phi) is 11.3. The van der Waals surface area contributed by atoms with E-state index in [1.807, 2.05) is 18.2 Å². The first-order valence-electron chi connectivity index (χ1n) is 13.6. The van der Waals surface area contributed by atoms with E-state index >= 15 is 0 Å². The summed E-state index contributed by atoms with van der Waals surface area (Å²) in [5.74, 6) is -4.50. The molecule has 0 bridgehead atoms. The summed E-state index contributed by atoms with van der Waals surface area (Å²) in [6, 6.07) is 5.92. The van der Waals surface area contributed by atoms with Crippen LogP contribution in [0.4, 0.5) is 26.3 Å². The first-order chi connectivity index (χ1) is 20.5. The summed E-state index contributed by atoms with van der Waals surface area (Å²) in [5.41, 5.74) is -0.364. The summed E-state index contributed by atoms with van der Waals surface area (Å²) < 4.78 is 72.7. The predicted octanol–water partition coefficient (Wildman–Crippen LogP) is 2.82. The lowest BCUT2D eigenvalue weighted by Gasteiger charge is -2.35. The van der Waals surface area contributed by atoms with Gasteiger partial charge in [-0.2, -0.15) is 31.4 Å². The molecule has 244 valence electrons. The summed E-state index contributed by atoms with van der Waals surface area (Å²) in [7, 11) is 0. The average molecular weight is 640 g/mol. The van der Waals surface area contributed by atoms with Crippen molar-refractivity contribution in [3.05, 3.63) is 56.6 Å². The summed E-state index contributed by atoms with van der Waals surface area (Å²) in [5, 5.41) is 18.8. The van der Waals surface area contributed by atoms with Crippen LogP contribution in [0.1, 0.15) is 50.0 Å². The average Bonchev–Trinajstić information content (AvgIpc) is 3.34. The second-order valence-electron chi connectivity index (χ2n) is 10.7. The zero-order valence-corrected chi connectivity index (χ0v) is 23.3. The normalized spacial score (nSPS) is 20.6. The van der Waals surface area contributed by atoms with E-state index in [4.69, 9.17) is 24.5 Å². The predicted molar refractivity (Wildman–Crippen MR) is 138 cm³/mol. The molecule has 4 heterocycles. The Balaban J connectivity index is 0.000000317. The van der Waals surface area contributed by atoms with Gasteiger partial charge in [0.15, 0.2) is 5.82 Å². The van der Waals surface area contributed by atoms with Gasteiger partial charge in [0.05, 0.1) is 12.2 Å². The van der Waals surface area contributed by atoms with Gasteiger partial charge in [0.2, 0.25) is 0 Å². The van der Waals surface area contributed by atoms with Gasteiger partial charge in [-0.1, -0.05) is 25.3 Å². The topological polar surface area (TPSA) is 157 Å². The number of hydrogen-bond donors (Lipinski definition) is 2. The highest BCUT2D eigenvalue weighted by Crippen LogP contribution is 2.32. The Morgan fingerprint density at radius 2 is 1.57 bits per heavy atom. The third-order valence-electron chi connectivity index (χ3n) is 7.31. The molecule has 0 radical (unpaired) electrons. The third-order valence-corrected chi connectivity index (χ3v) is 7.31. The van der Waals surface area contributed by atoms with Gasteiger partial charge >= 0.3 is 35.4 Å². The van der Waals surface area contributed by atoms with E-state index in [1.54, 1.807) is 10.8 Å². The fourth-order valence-electron chi connectivity index (χ4n) is 5.17. The van der Waals surface area contributed by atoms with Crippen molar-refractivity contribution < 1.29 is 50.9 Å². The molecular weight excluding hydrogens is 608 g/mol. The van der Waals surface area contributed by atoms with Crippen molar-refractivity contribution in [2.24, 2.45) is 5.92 Å². The van der Waals surface area contributed by atoms with Gasteiger partial charge < -0.3 is 14.9 Å². The molecule has 44 heavy (non-hydrogen) atoms. The molecule has 2 N–H and O–H groups in total. The number of pyridine rings is 1. The van der Waals surface area contributed by atoms with E-state index in [-0.39, 0.29) is 6.61 Å². The van der Waals surface area contributed by atoms with Crippen LogP contribution in [0.2, 0.25) is 0 Å². The number of nitrogens with zero attached hydrogens (tertiary/aromatic N) is 5. The fourth-order valence-corrected chi connectivity index (χ4v) is 5.17. The van der Waals surface area contributed by atoms with E-state index in [0.717, 1.165) is 44.6 Å². The molecule has 1 saturated carbocycles. The van der Waals surface area contributed by atoms with E-state index < -0.39 is 41.0 Å². The molecule has 12 nitrogen and oxygen atoms in total. The molecule has 3 aliphatic rings. The van der Waals surface area contributed by atoms with E-state index in [1.165, 1.54) is 23.9 Å². The number of aliphatic carboxylic acids is 2. The number of carboxylic acids is 2. The van der Waals surface area contributed by atoms with Gasteiger partial charge in [0.25, 0.3) is 0 Å². The summed E-state index contributed by atoms with van der Waals surface area (Å²) in [4.78, 5) is 50.1. The molecule has 1 aliphatic carbocycles. The van der Waals surface area contributed by atoms with Crippen LogP contribution in [0.25, 0.3) is 0 Å². The number of aromatic nitrogens is 4. The quantitative estimate of drug-likeness (QED) is 0.377. The largest absolute Gasteiger partial charge is 0.490 e. The number of likely N-dealkylation sites (tertiary alicyclic amines) is 1. The van der Waals surface area contributed by atoms with Crippen LogP contribution in [-0.2, 0) is 40.6 Å². The second-order valence-corrected chi connectivity index (χ2v) is 10.7. The van der Waals surface area contributed by atoms with E-state index in [2.05, 4.69) is 15.0 Å². The van der Waals surface area contributed by atoms with Gasteiger partial charge in [-0.05, 0) is 37.3 Å². The molecule has 2 aliphatic heterocycles. The van der Waals surface area contributed by atoms with Crippen LogP contribution in [0, 0.1) is 5.92 Å². The fraction of sp³-hybridized carbons (Fsp3) is 0.615. The molecule has 2 aromatic rings. The molecule has 1 spiro atoms. The smallest absolute Gasteiger partial charge is 0.475 e. The van der Waals surface area contributed by atoms with Gasteiger partial charge in [-0.25, -0.2) is 14.3 Å². The highest BCUT2D eigenvalue weighted by Gasteiger charge is 2.43. The Hall–Kier alpha value is -3.80. The van der Waals surface area contributed by atoms with Gasteiger partial charge in [-0.15, -0.1) is 0 Å². The molecule has 5 rings (SSSR count). The molecule has 18 heteroatoms. The molecule has 1 unspecified atom stereocenters. The second kappa shape index (κ2) is 14.3. The lowest BCUT2D eigenvalue weighted by molar-refractivity contribution is -0.193. The lowest BCUT2D eigenvalue weighted by Crippen LogP contribution is -2.53. The molecule has 0 amide bonds. The number of ether oxygens (including phenoxy) is 1. The number of rotatable bonds is 4. The zero-order chi connectivity index (χ0) is 32.7. The van der Waals surface area contributed by atoms with Crippen LogP contribution in [-0.4, -0.2) is 77.4 Å². The number of halogens is 6. The Labute approximate surface area is 245 Å². The molecule has 0 aromatic carbocycles. The summed E-state index contributed by atoms with van der Waals surface area (Å²) in [6.45, 7) is 3.58. The Bertz CT molecular complexity index is 1380. The summed E-state index contributed by atoms with van der Waals surface area (Å²) in [6.07, 6.45) is -1.65. The van der Waals surface area contributed by atoms with E-state index in [9.17, 15) is 35.9 Å². The van der Waals surface area contributed by atoms with Crippen molar-refractivity contribution in [2.75, 3.05) is 13.1 Å². The SMILES string of the molecule is O=C(O)C(F)(F)F.O=C(O)C(F)(F)F.O=c1c(=O)n2c(nn1CC1CCCCC1)COC1(CCN(Cc3ccccn3)C1)C2. The van der Waals surface area contributed by atoms with Crippen molar-refractivity contribution in [1.29, 1.82) is 0 Å². The first kappa shape index (κ1) is 34.7. The first-order valence-corrected chi connectivity index (χ1v) is 13.6. The minimum Gasteiger partial charge on any atom is -0.475 e. The van der Waals surface area contributed by atoms with Crippen LogP contribution in [0.5, 0.6) is 0 Å². The maximum Gasteiger partial charge on any atom is 0.490 e. The van der Waals surface area contributed by atoms with Crippen LogP contribution in [0.3, 0.4) is 0 Å². The standard InChI is InChI=1S/C22H29N5O3.2C2HF3O2/c28-20-21(29)27(12-17-6-2-1-3-7-17)24-19-14-30-22(16-26(19)20)9-11-25(15-22)13-18-8-4-5-10-23-18;2*3-2(4,5)1(6)7/h4-5,8,10,17H,1-3,6-7,9,11-16H2;2*(H,6,7). The highest BCUT2D eigenvalue weighted by molar-refractivity contribution is 5.73. The van der Waals surface area contributed by atoms with Gasteiger partial charge in [-0.3, -0.25) is 24.0 Å². The number of carboxylic acid groups (broad SMARTS) is 2. The van der Waals surface area contributed by atoms with Crippen molar-refractivity contribution in [3.8, 4) is 0 Å². The molecule has 1 atom stereocenters. The van der Waals surface area contributed by atoms with Crippen LogP contribution >= 0.6 is 0 Å². The number of carbonyl (C=O) groups is 2. The highest BCUT2D eigenvalue weighted by atomic mass is 19.4. The number of hydrogen-bond acceptors (Lipinski definition) is 8. The molecule has 2 fully saturated rings. The zero-order valence-electron chi connectivity index (χ0n) is 23.3. The molecular formula is C26H31F6N5O7. The molecule has 1 saturated heterocycles. The monoisotopic (exact) mass is 639 g/mol. The van der Waals surface area contributed by atoms with Crippen LogP contribution < -0.4 is 11.1 Å². The maximum atomic E-state index is 12.9. The van der Waals surface area contributed by atoms with Gasteiger partial charge in [0, 0.05) is 32.4 Å². The maximum absolute atomic E-state index is 12.9. The van der Waals surface area contributed by atoms with Crippen molar-refractivity contribution in [1.82, 2.24) is 24.2 Å². The third kappa shape index (κ3) is 9.60. The molecule has 2 aromatic heterocycles. The Morgan fingerprint density at radius 3 is 2.11 bits per heavy atom. The van der Waals surface area contributed by atoms with E-state index in [0.29, 0.717) is 24.8 Å². The van der Waals surface area contributed by atoms with Gasteiger partial charge in [0.1, 0.15) is 12.2 Å². The minimum atomic E-state index is -5.08.